The number of hydrogen-bond acceptors (Lipinski definition) is 6. The zero-order valence-corrected chi connectivity index (χ0v) is 21.0. The maximum Gasteiger partial charge on any atom is 0.247 e. The first-order valence-corrected chi connectivity index (χ1v) is 13.3. The molecule has 186 valence electrons. The highest BCUT2D eigenvalue weighted by atomic mass is 32.2. The van der Waals surface area contributed by atoms with Gasteiger partial charge in [-0.25, -0.2) is 13.4 Å². The van der Waals surface area contributed by atoms with Crippen molar-refractivity contribution in [2.24, 2.45) is 11.8 Å². The predicted molar refractivity (Wildman–Crippen MR) is 131 cm³/mol. The summed E-state index contributed by atoms with van der Waals surface area (Å²) in [7, 11) is -2.18. The SMILES string of the molecule is C[C@H]1CN([C@@H](C)CO)S(=O)(=O)c2ccc(C#Cc3ccccn3)cc2O[C@H]1CN(C)C(=O)C1CC1. The summed E-state index contributed by atoms with van der Waals surface area (Å²) < 4.78 is 34.8. The molecule has 4 rings (SSSR count). The van der Waals surface area contributed by atoms with E-state index >= 15 is 0 Å². The number of hydrogen-bond donors (Lipinski definition) is 1. The Hall–Kier alpha value is -2.93. The summed E-state index contributed by atoms with van der Waals surface area (Å²) in [6, 6.07) is 9.59. The van der Waals surface area contributed by atoms with Crippen LogP contribution in [0.1, 0.15) is 37.9 Å². The Labute approximate surface area is 207 Å². The molecule has 8 nitrogen and oxygen atoms in total. The highest BCUT2D eigenvalue weighted by Crippen LogP contribution is 2.35. The number of carbonyl (C=O) groups is 1. The Morgan fingerprint density at radius 2 is 2.06 bits per heavy atom. The Kier molecular flexibility index (Phi) is 7.45. The van der Waals surface area contributed by atoms with Crippen molar-refractivity contribution in [3.05, 3.63) is 53.9 Å². The molecule has 2 aliphatic rings. The molecule has 1 aliphatic carbocycles. The number of pyridine rings is 1. The second kappa shape index (κ2) is 10.4. The zero-order valence-electron chi connectivity index (χ0n) is 20.2. The lowest BCUT2D eigenvalue weighted by Gasteiger charge is -2.37. The Morgan fingerprint density at radius 3 is 2.71 bits per heavy atom. The van der Waals surface area contributed by atoms with Gasteiger partial charge in [0.15, 0.2) is 0 Å². The molecular formula is C26H31N3O5S. The molecule has 3 atom stereocenters. The smallest absolute Gasteiger partial charge is 0.247 e. The van der Waals surface area contributed by atoms with Gasteiger partial charge in [0.2, 0.25) is 15.9 Å². The van der Waals surface area contributed by atoms with E-state index in [1.807, 2.05) is 13.0 Å². The molecule has 9 heteroatoms. The van der Waals surface area contributed by atoms with Gasteiger partial charge in [0.05, 0.1) is 13.2 Å². The monoisotopic (exact) mass is 497 g/mol. The van der Waals surface area contributed by atoms with Gasteiger partial charge >= 0.3 is 0 Å². The van der Waals surface area contributed by atoms with Gasteiger partial charge in [0, 0.05) is 43.2 Å². The Morgan fingerprint density at radius 1 is 1.29 bits per heavy atom. The van der Waals surface area contributed by atoms with Crippen molar-refractivity contribution in [2.45, 2.75) is 43.7 Å². The molecule has 35 heavy (non-hydrogen) atoms. The van der Waals surface area contributed by atoms with Crippen LogP contribution in [0.3, 0.4) is 0 Å². The average molecular weight is 498 g/mol. The fraction of sp³-hybridized carbons (Fsp3) is 0.462. The van der Waals surface area contributed by atoms with Crippen LogP contribution < -0.4 is 4.74 Å². The summed E-state index contributed by atoms with van der Waals surface area (Å²) in [5, 5.41) is 9.78. The molecule has 1 aromatic carbocycles. The van der Waals surface area contributed by atoms with E-state index < -0.39 is 22.2 Å². The third-order valence-electron chi connectivity index (χ3n) is 6.42. The number of fused-ring (bicyclic) bond motifs is 1. The maximum atomic E-state index is 13.6. The summed E-state index contributed by atoms with van der Waals surface area (Å²) in [5.74, 6) is 6.13. The molecule has 0 spiro atoms. The average Bonchev–Trinajstić information content (AvgIpc) is 3.70. The van der Waals surface area contributed by atoms with Crippen molar-refractivity contribution in [1.29, 1.82) is 0 Å². The number of amides is 1. The summed E-state index contributed by atoms with van der Waals surface area (Å²) in [4.78, 5) is 18.5. The number of rotatable bonds is 5. The first-order chi connectivity index (χ1) is 16.7. The first-order valence-electron chi connectivity index (χ1n) is 11.8. The van der Waals surface area contributed by atoms with Crippen molar-refractivity contribution in [1.82, 2.24) is 14.2 Å². The lowest BCUT2D eigenvalue weighted by atomic mass is 10.0. The van der Waals surface area contributed by atoms with E-state index in [-0.39, 0.29) is 41.5 Å². The van der Waals surface area contributed by atoms with Crippen molar-refractivity contribution < 1.29 is 23.1 Å². The van der Waals surface area contributed by atoms with Crippen LogP contribution in [0.25, 0.3) is 0 Å². The number of ether oxygens (including phenoxy) is 1. The summed E-state index contributed by atoms with van der Waals surface area (Å²) in [5.41, 5.74) is 1.18. The van der Waals surface area contributed by atoms with Gasteiger partial charge in [-0.2, -0.15) is 4.31 Å². The van der Waals surface area contributed by atoms with Crippen molar-refractivity contribution in [2.75, 3.05) is 26.7 Å². The zero-order chi connectivity index (χ0) is 25.2. The predicted octanol–water partition coefficient (Wildman–Crippen LogP) is 2.12. The van der Waals surface area contributed by atoms with Crippen molar-refractivity contribution in [3.8, 4) is 17.6 Å². The van der Waals surface area contributed by atoms with E-state index in [1.165, 1.54) is 10.4 Å². The van der Waals surface area contributed by atoms with E-state index in [4.69, 9.17) is 4.74 Å². The van der Waals surface area contributed by atoms with Gasteiger partial charge in [0.1, 0.15) is 22.4 Å². The minimum absolute atomic E-state index is 0.0225. The number of nitrogens with zero attached hydrogens (tertiary/aromatic N) is 3. The van der Waals surface area contributed by atoms with E-state index in [9.17, 15) is 18.3 Å². The van der Waals surface area contributed by atoms with Gasteiger partial charge in [-0.1, -0.05) is 18.9 Å². The highest BCUT2D eigenvalue weighted by molar-refractivity contribution is 7.89. The lowest BCUT2D eigenvalue weighted by molar-refractivity contribution is -0.132. The number of carbonyl (C=O) groups excluding carboxylic acids is 1. The van der Waals surface area contributed by atoms with Crippen LogP contribution >= 0.6 is 0 Å². The molecule has 1 N–H and O–H groups in total. The van der Waals surface area contributed by atoms with Crippen LogP contribution in [-0.2, 0) is 14.8 Å². The van der Waals surface area contributed by atoms with E-state index in [1.54, 1.807) is 49.3 Å². The number of sulfonamides is 1. The van der Waals surface area contributed by atoms with Crippen molar-refractivity contribution in [3.63, 3.8) is 0 Å². The molecule has 1 fully saturated rings. The number of likely N-dealkylation sites (N-methyl/N-ethyl adjacent to an activating group) is 1. The molecule has 1 saturated carbocycles. The normalized spacial score (nSPS) is 22.4. The van der Waals surface area contributed by atoms with Crippen LogP contribution in [0, 0.1) is 23.7 Å². The van der Waals surface area contributed by atoms with Crippen LogP contribution in [0.5, 0.6) is 5.75 Å². The molecule has 0 bridgehead atoms. The second-order valence-corrected chi connectivity index (χ2v) is 11.2. The number of aliphatic hydroxyl groups is 1. The summed E-state index contributed by atoms with van der Waals surface area (Å²) in [6.07, 6.45) is 3.03. The minimum Gasteiger partial charge on any atom is -0.487 e. The van der Waals surface area contributed by atoms with Gasteiger partial charge in [-0.3, -0.25) is 4.79 Å². The van der Waals surface area contributed by atoms with Crippen LogP contribution in [0.4, 0.5) is 0 Å². The van der Waals surface area contributed by atoms with Gasteiger partial charge < -0.3 is 14.7 Å². The summed E-state index contributed by atoms with van der Waals surface area (Å²) >= 11 is 0. The quantitative estimate of drug-likeness (QED) is 0.636. The fourth-order valence-electron chi connectivity index (χ4n) is 4.10. The minimum atomic E-state index is -3.94. The van der Waals surface area contributed by atoms with Gasteiger partial charge in [0.25, 0.3) is 0 Å². The lowest BCUT2D eigenvalue weighted by Crippen LogP contribution is -2.50. The van der Waals surface area contributed by atoms with Crippen LogP contribution in [-0.4, -0.2) is 72.5 Å². The molecule has 1 aromatic heterocycles. The molecule has 2 heterocycles. The molecular weight excluding hydrogens is 466 g/mol. The molecule has 1 amide bonds. The second-order valence-electron chi connectivity index (χ2n) is 9.36. The number of aliphatic hydroxyl groups excluding tert-OH is 1. The third kappa shape index (κ3) is 5.67. The summed E-state index contributed by atoms with van der Waals surface area (Å²) in [6.45, 7) is 3.78. The van der Waals surface area contributed by atoms with E-state index in [2.05, 4.69) is 16.8 Å². The molecule has 1 aliphatic heterocycles. The molecule has 0 saturated heterocycles. The third-order valence-corrected chi connectivity index (χ3v) is 8.44. The van der Waals surface area contributed by atoms with Gasteiger partial charge in [-0.15, -0.1) is 0 Å². The van der Waals surface area contributed by atoms with E-state index in [0.29, 0.717) is 17.8 Å². The van der Waals surface area contributed by atoms with Crippen LogP contribution in [0.2, 0.25) is 0 Å². The Bertz CT molecular complexity index is 1230. The standard InChI is InChI=1S/C26H31N3O5S/c1-18-15-29(19(2)17-30)35(32,33)25-12-8-20(7-11-22-6-4-5-13-27-22)14-23(25)34-24(18)16-28(3)26(31)21-9-10-21/h4-6,8,12-14,18-19,21,24,30H,9-10,15-17H2,1-3H3/t18-,19-,24-/m0/s1. The number of aromatic nitrogens is 1. The highest BCUT2D eigenvalue weighted by Gasteiger charge is 2.39. The molecule has 2 aromatic rings. The molecule has 0 radical (unpaired) electrons. The molecule has 0 unspecified atom stereocenters. The van der Waals surface area contributed by atoms with E-state index in [0.717, 1.165) is 12.8 Å². The van der Waals surface area contributed by atoms with Crippen molar-refractivity contribution >= 4 is 15.9 Å². The topological polar surface area (TPSA) is 100 Å². The number of benzene rings is 1. The largest absolute Gasteiger partial charge is 0.487 e. The van der Waals surface area contributed by atoms with Crippen LogP contribution in [0.15, 0.2) is 47.5 Å². The Balaban J connectivity index is 1.72. The van der Waals surface area contributed by atoms with Gasteiger partial charge in [-0.05, 0) is 56.0 Å². The maximum absolute atomic E-state index is 13.6. The first kappa shape index (κ1) is 25.2. The fourth-order valence-corrected chi connectivity index (χ4v) is 5.92.